The monoisotopic (exact) mass is 420 g/mol. The van der Waals surface area contributed by atoms with Crippen LogP contribution in [0.15, 0.2) is 30.3 Å². The summed E-state index contributed by atoms with van der Waals surface area (Å²) in [6, 6.07) is 9.55. The number of hydrogen-bond donors (Lipinski definition) is 0. The number of unbranched alkanes of at least 4 members (excludes halogenated alkanes) is 11. The Morgan fingerprint density at radius 2 is 1.33 bits per heavy atom. The molecule has 1 rings (SSSR count). The summed E-state index contributed by atoms with van der Waals surface area (Å²) in [5, 5.41) is 0. The topological polar surface area (TPSA) is 44.8 Å². The van der Waals surface area contributed by atoms with Crippen molar-refractivity contribution >= 4 is 5.97 Å². The van der Waals surface area contributed by atoms with E-state index in [0.29, 0.717) is 13.2 Å². The van der Waals surface area contributed by atoms with E-state index < -0.39 is 6.10 Å². The van der Waals surface area contributed by atoms with Gasteiger partial charge in [0.2, 0.25) is 0 Å². The average molecular weight is 421 g/mol. The largest absolute Gasteiger partial charge is 0.490 e. The van der Waals surface area contributed by atoms with Gasteiger partial charge in [0.05, 0.1) is 0 Å². The lowest BCUT2D eigenvalue weighted by Gasteiger charge is -2.16. The van der Waals surface area contributed by atoms with Crippen LogP contribution in [0.5, 0.6) is 5.75 Å². The molecule has 0 saturated heterocycles. The molecule has 0 aromatic heterocycles. The molecule has 0 aliphatic rings. The number of esters is 1. The van der Waals surface area contributed by atoms with Gasteiger partial charge in [-0.15, -0.1) is 0 Å². The van der Waals surface area contributed by atoms with Gasteiger partial charge in [0, 0.05) is 6.61 Å². The Morgan fingerprint density at radius 3 is 1.90 bits per heavy atom. The number of rotatable bonds is 20. The molecule has 0 N–H and O–H groups in total. The van der Waals surface area contributed by atoms with E-state index in [1.807, 2.05) is 37.3 Å². The second kappa shape index (κ2) is 19.4. The molecule has 0 aliphatic carbocycles. The first-order valence-corrected chi connectivity index (χ1v) is 12.2. The zero-order chi connectivity index (χ0) is 21.7. The first-order valence-electron chi connectivity index (χ1n) is 12.2. The highest BCUT2D eigenvalue weighted by Crippen LogP contribution is 2.14. The molecule has 0 radical (unpaired) electrons. The summed E-state index contributed by atoms with van der Waals surface area (Å²) in [6.45, 7) is 5.31. The van der Waals surface area contributed by atoms with Crippen LogP contribution in [0.3, 0.4) is 0 Å². The standard InChI is InChI=1S/C26H44O4/c1-3-5-6-7-8-9-10-11-12-13-14-18-21-25(28-4-2)26(27)30-23-22-29-24-19-16-15-17-20-24/h15-17,19-20,25H,3-14,18,21-23H2,1-2H3. The lowest BCUT2D eigenvalue weighted by Crippen LogP contribution is -2.28. The van der Waals surface area contributed by atoms with Crippen LogP contribution < -0.4 is 4.74 Å². The smallest absolute Gasteiger partial charge is 0.335 e. The Bertz CT molecular complexity index is 503. The predicted octanol–water partition coefficient (Wildman–Crippen LogP) is 7.10. The van der Waals surface area contributed by atoms with E-state index in [1.165, 1.54) is 64.2 Å². The van der Waals surface area contributed by atoms with Crippen LogP contribution in [0.1, 0.15) is 97.3 Å². The summed E-state index contributed by atoms with van der Waals surface area (Å²) < 4.78 is 16.5. The van der Waals surface area contributed by atoms with Crippen molar-refractivity contribution in [2.75, 3.05) is 19.8 Å². The fraction of sp³-hybridized carbons (Fsp3) is 0.731. The summed E-state index contributed by atoms with van der Waals surface area (Å²) in [4.78, 5) is 12.3. The van der Waals surface area contributed by atoms with Crippen molar-refractivity contribution in [2.24, 2.45) is 0 Å². The molecule has 0 spiro atoms. The van der Waals surface area contributed by atoms with Crippen molar-refractivity contribution in [1.82, 2.24) is 0 Å². The maximum Gasteiger partial charge on any atom is 0.335 e. The van der Waals surface area contributed by atoms with Crippen LogP contribution in [0, 0.1) is 0 Å². The second-order valence-corrected chi connectivity index (χ2v) is 7.95. The minimum Gasteiger partial charge on any atom is -0.490 e. The van der Waals surface area contributed by atoms with E-state index in [1.54, 1.807) is 0 Å². The Balaban J connectivity index is 2.01. The van der Waals surface area contributed by atoms with Crippen molar-refractivity contribution in [3.05, 3.63) is 30.3 Å². The fourth-order valence-electron chi connectivity index (χ4n) is 3.55. The molecule has 0 aliphatic heterocycles. The molecule has 4 heteroatoms. The van der Waals surface area contributed by atoms with Gasteiger partial charge in [-0.1, -0.05) is 102 Å². The Kier molecular flexibility index (Phi) is 17.1. The van der Waals surface area contributed by atoms with Gasteiger partial charge in [-0.05, 0) is 25.5 Å². The number of carbonyl (C=O) groups excluding carboxylic acids is 1. The molecule has 0 fully saturated rings. The minimum absolute atomic E-state index is 0.246. The Hall–Kier alpha value is -1.55. The molecule has 0 saturated carbocycles. The maximum absolute atomic E-state index is 12.3. The second-order valence-electron chi connectivity index (χ2n) is 7.95. The summed E-state index contributed by atoms with van der Waals surface area (Å²) in [5.41, 5.74) is 0. The molecule has 0 bridgehead atoms. The lowest BCUT2D eigenvalue weighted by atomic mass is 10.0. The van der Waals surface area contributed by atoms with Gasteiger partial charge in [0.15, 0.2) is 6.10 Å². The molecule has 1 unspecified atom stereocenters. The van der Waals surface area contributed by atoms with Gasteiger partial charge in [0.1, 0.15) is 19.0 Å². The maximum atomic E-state index is 12.3. The number of hydrogen-bond acceptors (Lipinski definition) is 4. The van der Waals surface area contributed by atoms with Crippen molar-refractivity contribution in [3.63, 3.8) is 0 Å². The highest BCUT2D eigenvalue weighted by molar-refractivity contribution is 5.74. The van der Waals surface area contributed by atoms with Crippen molar-refractivity contribution in [2.45, 2.75) is 103 Å². The summed E-state index contributed by atoms with van der Waals surface area (Å²) in [6.07, 6.45) is 16.0. The third kappa shape index (κ3) is 14.4. The van der Waals surface area contributed by atoms with Crippen LogP contribution in [0.4, 0.5) is 0 Å². The van der Waals surface area contributed by atoms with Gasteiger partial charge >= 0.3 is 5.97 Å². The zero-order valence-electron chi connectivity index (χ0n) is 19.4. The van der Waals surface area contributed by atoms with Crippen molar-refractivity contribution < 1.29 is 19.0 Å². The van der Waals surface area contributed by atoms with Crippen LogP contribution >= 0.6 is 0 Å². The molecule has 1 atom stereocenters. The van der Waals surface area contributed by atoms with Crippen LogP contribution in [0.25, 0.3) is 0 Å². The van der Waals surface area contributed by atoms with Gasteiger partial charge in [-0.25, -0.2) is 4.79 Å². The quantitative estimate of drug-likeness (QED) is 0.167. The average Bonchev–Trinajstić information content (AvgIpc) is 2.77. The fourth-order valence-corrected chi connectivity index (χ4v) is 3.55. The van der Waals surface area contributed by atoms with Gasteiger partial charge in [0.25, 0.3) is 0 Å². The molecule has 4 nitrogen and oxygen atoms in total. The highest BCUT2D eigenvalue weighted by atomic mass is 16.6. The van der Waals surface area contributed by atoms with Crippen LogP contribution in [-0.4, -0.2) is 31.9 Å². The Labute approximate surface area is 184 Å². The van der Waals surface area contributed by atoms with Crippen molar-refractivity contribution in [3.8, 4) is 5.75 Å². The molecule has 172 valence electrons. The molecule has 0 heterocycles. The van der Waals surface area contributed by atoms with E-state index in [4.69, 9.17) is 14.2 Å². The summed E-state index contributed by atoms with van der Waals surface area (Å²) in [7, 11) is 0. The lowest BCUT2D eigenvalue weighted by molar-refractivity contribution is -0.158. The SMILES string of the molecule is CCCCCCCCCCCCCCC(OCC)C(=O)OCCOc1ccccc1. The molecule has 30 heavy (non-hydrogen) atoms. The van der Waals surface area contributed by atoms with E-state index in [0.717, 1.165) is 25.0 Å². The third-order valence-electron chi connectivity index (χ3n) is 5.29. The van der Waals surface area contributed by atoms with E-state index in [2.05, 4.69) is 6.92 Å². The molecule has 1 aromatic rings. The van der Waals surface area contributed by atoms with E-state index >= 15 is 0 Å². The number of carbonyl (C=O) groups is 1. The number of benzene rings is 1. The van der Waals surface area contributed by atoms with Gasteiger partial charge in [-0.2, -0.15) is 0 Å². The molecular weight excluding hydrogens is 376 g/mol. The van der Waals surface area contributed by atoms with E-state index in [-0.39, 0.29) is 12.6 Å². The number of para-hydroxylation sites is 1. The first kappa shape index (κ1) is 26.5. The van der Waals surface area contributed by atoms with Gasteiger partial charge < -0.3 is 14.2 Å². The molecular formula is C26H44O4. The number of ether oxygens (including phenoxy) is 3. The van der Waals surface area contributed by atoms with E-state index in [9.17, 15) is 4.79 Å². The molecule has 1 aromatic carbocycles. The summed E-state index contributed by atoms with van der Waals surface area (Å²) in [5.74, 6) is 0.517. The minimum atomic E-state index is -0.449. The first-order chi connectivity index (χ1) is 14.8. The third-order valence-corrected chi connectivity index (χ3v) is 5.29. The zero-order valence-corrected chi connectivity index (χ0v) is 19.4. The normalized spacial score (nSPS) is 11.9. The van der Waals surface area contributed by atoms with Gasteiger partial charge in [-0.3, -0.25) is 0 Å². The highest BCUT2D eigenvalue weighted by Gasteiger charge is 2.19. The predicted molar refractivity (Wildman–Crippen MR) is 124 cm³/mol. The van der Waals surface area contributed by atoms with Crippen LogP contribution in [0.2, 0.25) is 0 Å². The summed E-state index contributed by atoms with van der Waals surface area (Å²) >= 11 is 0. The van der Waals surface area contributed by atoms with Crippen molar-refractivity contribution in [1.29, 1.82) is 0 Å². The Morgan fingerprint density at radius 1 is 0.767 bits per heavy atom. The molecule has 0 amide bonds. The van der Waals surface area contributed by atoms with Crippen LogP contribution in [-0.2, 0) is 14.3 Å².